The van der Waals surface area contributed by atoms with E-state index in [0.29, 0.717) is 17.2 Å². The van der Waals surface area contributed by atoms with Gasteiger partial charge in [0, 0.05) is 11.8 Å². The molecule has 0 amide bonds. The number of nitrogens with zero attached hydrogens (tertiary/aromatic N) is 2. The van der Waals surface area contributed by atoms with E-state index in [9.17, 15) is 4.39 Å². The van der Waals surface area contributed by atoms with Crippen LogP contribution in [-0.2, 0) is 0 Å². The van der Waals surface area contributed by atoms with E-state index >= 15 is 0 Å². The van der Waals surface area contributed by atoms with Gasteiger partial charge in [0.15, 0.2) is 5.82 Å². The molecule has 76 valence electrons. The first kappa shape index (κ1) is 9.58. The molecule has 0 saturated heterocycles. The van der Waals surface area contributed by atoms with Crippen LogP contribution in [0.3, 0.4) is 0 Å². The van der Waals surface area contributed by atoms with E-state index < -0.39 is 0 Å². The van der Waals surface area contributed by atoms with Gasteiger partial charge < -0.3 is 5.73 Å². The first-order valence-electron chi connectivity index (χ1n) is 4.53. The Kier molecular flexibility index (Phi) is 2.33. The van der Waals surface area contributed by atoms with Crippen molar-refractivity contribution in [2.24, 2.45) is 0 Å². The lowest BCUT2D eigenvalue weighted by Gasteiger charge is -2.03. The number of halogens is 1. The van der Waals surface area contributed by atoms with Crippen molar-refractivity contribution in [1.82, 2.24) is 9.97 Å². The predicted octanol–water partition coefficient (Wildman–Crippen LogP) is 2.17. The van der Waals surface area contributed by atoms with Crippen LogP contribution in [0.25, 0.3) is 11.4 Å². The molecular formula is C11H10FN3. The van der Waals surface area contributed by atoms with Gasteiger partial charge in [-0.15, -0.1) is 0 Å². The van der Waals surface area contributed by atoms with Crippen molar-refractivity contribution in [2.75, 3.05) is 5.73 Å². The topological polar surface area (TPSA) is 51.8 Å². The number of benzene rings is 1. The van der Waals surface area contributed by atoms with Gasteiger partial charge in [-0.25, -0.2) is 14.4 Å². The maximum atomic E-state index is 13.4. The molecular weight excluding hydrogens is 193 g/mol. The van der Waals surface area contributed by atoms with Crippen molar-refractivity contribution in [3.8, 4) is 11.4 Å². The molecule has 0 atom stereocenters. The summed E-state index contributed by atoms with van der Waals surface area (Å²) in [4.78, 5) is 8.13. The fraction of sp³-hybridized carbons (Fsp3) is 0.0909. The highest BCUT2D eigenvalue weighted by Gasteiger charge is 2.07. The summed E-state index contributed by atoms with van der Waals surface area (Å²) in [6.45, 7) is 1.79. The summed E-state index contributed by atoms with van der Waals surface area (Å²) in [6.07, 6.45) is 0. The molecule has 0 aliphatic rings. The Balaban J connectivity index is 2.59. The molecule has 0 saturated carbocycles. The van der Waals surface area contributed by atoms with Gasteiger partial charge in [0.1, 0.15) is 11.6 Å². The standard InChI is InChI=1S/C11H10FN3/c1-7-6-10(13)15-11(14-7)8-4-2-3-5-9(8)12/h2-6H,1H3,(H2,13,14,15). The second-order valence-electron chi connectivity index (χ2n) is 3.24. The van der Waals surface area contributed by atoms with Crippen LogP contribution in [0.2, 0.25) is 0 Å². The first-order chi connectivity index (χ1) is 7.16. The lowest BCUT2D eigenvalue weighted by atomic mass is 10.2. The highest BCUT2D eigenvalue weighted by atomic mass is 19.1. The number of hydrogen-bond donors (Lipinski definition) is 1. The van der Waals surface area contributed by atoms with Crippen LogP contribution in [0.5, 0.6) is 0 Å². The molecule has 1 aromatic heterocycles. The summed E-state index contributed by atoms with van der Waals surface area (Å²) in [5.41, 5.74) is 6.66. The van der Waals surface area contributed by atoms with Crippen LogP contribution in [-0.4, -0.2) is 9.97 Å². The van der Waals surface area contributed by atoms with Crippen molar-refractivity contribution in [3.63, 3.8) is 0 Å². The zero-order valence-electron chi connectivity index (χ0n) is 8.24. The molecule has 0 aliphatic carbocycles. The lowest BCUT2D eigenvalue weighted by molar-refractivity contribution is 0.630. The SMILES string of the molecule is Cc1cc(N)nc(-c2ccccc2F)n1. The number of nitrogen functional groups attached to an aromatic ring is 1. The van der Waals surface area contributed by atoms with E-state index in [4.69, 9.17) is 5.73 Å². The normalized spacial score (nSPS) is 10.3. The minimum absolute atomic E-state index is 0.325. The average Bonchev–Trinajstić information content (AvgIpc) is 2.16. The number of aryl methyl sites for hydroxylation is 1. The van der Waals surface area contributed by atoms with Gasteiger partial charge in [-0.3, -0.25) is 0 Å². The van der Waals surface area contributed by atoms with E-state index in [0.717, 1.165) is 5.69 Å². The summed E-state index contributed by atoms with van der Waals surface area (Å²) in [5.74, 6) is 0.328. The Morgan fingerprint density at radius 3 is 2.60 bits per heavy atom. The molecule has 2 rings (SSSR count). The maximum absolute atomic E-state index is 13.4. The third kappa shape index (κ3) is 1.93. The minimum atomic E-state index is -0.345. The van der Waals surface area contributed by atoms with Crippen molar-refractivity contribution in [1.29, 1.82) is 0 Å². The molecule has 1 heterocycles. The van der Waals surface area contributed by atoms with E-state index in [-0.39, 0.29) is 5.82 Å². The van der Waals surface area contributed by atoms with Crippen LogP contribution in [0.1, 0.15) is 5.69 Å². The average molecular weight is 203 g/mol. The zero-order chi connectivity index (χ0) is 10.8. The minimum Gasteiger partial charge on any atom is -0.384 e. The molecule has 0 unspecified atom stereocenters. The molecule has 2 N–H and O–H groups in total. The quantitative estimate of drug-likeness (QED) is 0.772. The second kappa shape index (κ2) is 3.65. The zero-order valence-corrected chi connectivity index (χ0v) is 8.24. The van der Waals surface area contributed by atoms with Crippen molar-refractivity contribution < 1.29 is 4.39 Å². The van der Waals surface area contributed by atoms with Crippen LogP contribution < -0.4 is 5.73 Å². The van der Waals surface area contributed by atoms with Crippen LogP contribution >= 0.6 is 0 Å². The molecule has 0 fully saturated rings. The molecule has 2 aromatic rings. The molecule has 0 bridgehead atoms. The summed E-state index contributed by atoms with van der Waals surface area (Å²) in [5, 5.41) is 0. The number of nitrogens with two attached hydrogens (primary N) is 1. The van der Waals surface area contributed by atoms with E-state index in [2.05, 4.69) is 9.97 Å². The fourth-order valence-corrected chi connectivity index (χ4v) is 1.36. The molecule has 15 heavy (non-hydrogen) atoms. The van der Waals surface area contributed by atoms with Crippen LogP contribution in [0.15, 0.2) is 30.3 Å². The molecule has 4 heteroatoms. The predicted molar refractivity (Wildman–Crippen MR) is 56.6 cm³/mol. The molecule has 0 radical (unpaired) electrons. The third-order valence-corrected chi connectivity index (χ3v) is 1.99. The van der Waals surface area contributed by atoms with E-state index in [1.807, 2.05) is 0 Å². The second-order valence-corrected chi connectivity index (χ2v) is 3.24. The summed E-state index contributed by atoms with van der Waals surface area (Å²) < 4.78 is 13.4. The number of aromatic nitrogens is 2. The molecule has 1 aromatic carbocycles. The van der Waals surface area contributed by atoms with Gasteiger partial charge in [-0.05, 0) is 19.1 Å². The van der Waals surface area contributed by atoms with Crippen LogP contribution in [0, 0.1) is 12.7 Å². The number of anilines is 1. The molecule has 0 spiro atoms. The lowest BCUT2D eigenvalue weighted by Crippen LogP contribution is -1.98. The molecule has 0 aliphatic heterocycles. The number of rotatable bonds is 1. The summed E-state index contributed by atoms with van der Waals surface area (Å²) >= 11 is 0. The highest BCUT2D eigenvalue weighted by Crippen LogP contribution is 2.19. The Labute approximate surface area is 86.8 Å². The monoisotopic (exact) mass is 203 g/mol. The third-order valence-electron chi connectivity index (χ3n) is 1.99. The van der Waals surface area contributed by atoms with Gasteiger partial charge in [-0.2, -0.15) is 0 Å². The Hall–Kier alpha value is -1.97. The molecule has 3 nitrogen and oxygen atoms in total. The van der Waals surface area contributed by atoms with Crippen molar-refractivity contribution >= 4 is 5.82 Å². The summed E-state index contributed by atoms with van der Waals surface area (Å²) in [6, 6.07) is 8.00. The highest BCUT2D eigenvalue weighted by molar-refractivity contribution is 5.57. The van der Waals surface area contributed by atoms with E-state index in [1.165, 1.54) is 6.07 Å². The van der Waals surface area contributed by atoms with Gasteiger partial charge in [0.05, 0.1) is 5.56 Å². The fourth-order valence-electron chi connectivity index (χ4n) is 1.36. The largest absolute Gasteiger partial charge is 0.384 e. The Morgan fingerprint density at radius 2 is 1.93 bits per heavy atom. The van der Waals surface area contributed by atoms with Crippen molar-refractivity contribution in [3.05, 3.63) is 41.8 Å². The summed E-state index contributed by atoms with van der Waals surface area (Å²) in [7, 11) is 0. The first-order valence-corrected chi connectivity index (χ1v) is 4.53. The van der Waals surface area contributed by atoms with Crippen LogP contribution in [0.4, 0.5) is 10.2 Å². The van der Waals surface area contributed by atoms with E-state index in [1.54, 1.807) is 31.2 Å². The van der Waals surface area contributed by atoms with Gasteiger partial charge in [-0.1, -0.05) is 12.1 Å². The van der Waals surface area contributed by atoms with Crippen molar-refractivity contribution in [2.45, 2.75) is 6.92 Å². The van der Waals surface area contributed by atoms with Gasteiger partial charge in [0.25, 0.3) is 0 Å². The number of hydrogen-bond acceptors (Lipinski definition) is 3. The Bertz CT molecular complexity index is 477. The van der Waals surface area contributed by atoms with Gasteiger partial charge >= 0.3 is 0 Å². The Morgan fingerprint density at radius 1 is 1.20 bits per heavy atom. The maximum Gasteiger partial charge on any atom is 0.164 e. The smallest absolute Gasteiger partial charge is 0.164 e. The van der Waals surface area contributed by atoms with Gasteiger partial charge in [0.2, 0.25) is 0 Å².